The maximum Gasteiger partial charge on any atom is 0.412 e. The number of nitrogens with zero attached hydrogens (tertiary/aromatic N) is 1. The number of anilines is 1. The number of hydrogen-bond donors (Lipinski definition) is 3. The molecule has 196 valence electrons. The van der Waals surface area contributed by atoms with E-state index >= 15 is 0 Å². The van der Waals surface area contributed by atoms with E-state index in [0.717, 1.165) is 6.08 Å². The van der Waals surface area contributed by atoms with Crippen LogP contribution in [0.2, 0.25) is 0 Å². The van der Waals surface area contributed by atoms with Gasteiger partial charge in [0.05, 0.1) is 18.2 Å². The number of para-hydroxylation sites is 2. The van der Waals surface area contributed by atoms with E-state index in [1.54, 1.807) is 60.7 Å². The van der Waals surface area contributed by atoms with Gasteiger partial charge in [0.15, 0.2) is 6.10 Å². The topological polar surface area (TPSA) is 138 Å². The van der Waals surface area contributed by atoms with Crippen LogP contribution in [-0.4, -0.2) is 41.6 Å². The lowest BCUT2D eigenvalue weighted by molar-refractivity contribution is -0.131. The van der Waals surface area contributed by atoms with Crippen molar-refractivity contribution in [2.45, 2.75) is 25.0 Å². The summed E-state index contributed by atoms with van der Waals surface area (Å²) in [6.07, 6.45) is 0.724. The first kappa shape index (κ1) is 27.8. The molecule has 9 nitrogen and oxygen atoms in total. The first-order chi connectivity index (χ1) is 18.5. The van der Waals surface area contributed by atoms with Gasteiger partial charge in [0.25, 0.3) is 0 Å². The third kappa shape index (κ3) is 8.69. The molecule has 3 rings (SSSR count). The molecule has 0 saturated heterocycles. The highest BCUT2D eigenvalue weighted by Gasteiger charge is 2.31. The summed E-state index contributed by atoms with van der Waals surface area (Å²) >= 11 is 0. The molecule has 0 spiro atoms. The number of carbonyl (C=O) groups is 2. The van der Waals surface area contributed by atoms with Gasteiger partial charge in [-0.3, -0.25) is 5.32 Å². The summed E-state index contributed by atoms with van der Waals surface area (Å²) < 4.78 is 17.9. The number of aliphatic carboxylic acids is 1. The Morgan fingerprint density at radius 1 is 1.00 bits per heavy atom. The molecule has 0 aliphatic carbocycles. The molecule has 0 fully saturated rings. The summed E-state index contributed by atoms with van der Waals surface area (Å²) in [5, 5.41) is 29.9. The molecule has 3 N–H and O–H groups in total. The van der Waals surface area contributed by atoms with E-state index in [-0.39, 0.29) is 13.2 Å². The van der Waals surface area contributed by atoms with Crippen molar-refractivity contribution >= 4 is 17.7 Å². The van der Waals surface area contributed by atoms with Gasteiger partial charge in [0.1, 0.15) is 24.2 Å². The monoisotopic (exact) mass is 516 g/mol. The number of aliphatic hydroxyl groups is 1. The molecular weight excluding hydrogens is 488 g/mol. The van der Waals surface area contributed by atoms with Crippen LogP contribution in [0.25, 0.3) is 0 Å². The van der Waals surface area contributed by atoms with Crippen molar-refractivity contribution in [2.75, 3.05) is 18.5 Å². The van der Waals surface area contributed by atoms with Crippen molar-refractivity contribution in [3.8, 4) is 17.6 Å². The van der Waals surface area contributed by atoms with Gasteiger partial charge in [-0.05, 0) is 55.3 Å². The van der Waals surface area contributed by atoms with E-state index in [4.69, 9.17) is 24.6 Å². The third-order valence-corrected chi connectivity index (χ3v) is 5.32. The molecule has 0 bridgehead atoms. The van der Waals surface area contributed by atoms with Gasteiger partial charge in [-0.1, -0.05) is 42.5 Å². The highest BCUT2D eigenvalue weighted by Crippen LogP contribution is 2.34. The van der Waals surface area contributed by atoms with Crippen LogP contribution in [0.15, 0.2) is 91.0 Å². The van der Waals surface area contributed by atoms with Gasteiger partial charge < -0.3 is 24.4 Å². The Morgan fingerprint density at radius 3 is 2.39 bits per heavy atom. The van der Waals surface area contributed by atoms with Gasteiger partial charge in [0.2, 0.25) is 0 Å². The van der Waals surface area contributed by atoms with Crippen LogP contribution in [0.3, 0.4) is 0 Å². The Hall–Kier alpha value is -4.81. The zero-order valence-corrected chi connectivity index (χ0v) is 20.5. The lowest BCUT2D eigenvalue weighted by Crippen LogP contribution is -2.31. The molecule has 0 saturated carbocycles. The van der Waals surface area contributed by atoms with Crippen molar-refractivity contribution in [1.82, 2.24) is 0 Å². The molecule has 1 amide bonds. The maximum atomic E-state index is 13.0. The van der Waals surface area contributed by atoms with Gasteiger partial charge in [0, 0.05) is 17.3 Å². The smallest absolute Gasteiger partial charge is 0.412 e. The molecule has 0 aliphatic heterocycles. The van der Waals surface area contributed by atoms with Crippen LogP contribution < -0.4 is 14.8 Å². The minimum atomic E-state index is -1.07. The number of carboxylic acids is 1. The molecule has 3 aromatic rings. The summed E-state index contributed by atoms with van der Waals surface area (Å²) in [6, 6.07) is 24.3. The van der Waals surface area contributed by atoms with Gasteiger partial charge >= 0.3 is 12.1 Å². The van der Waals surface area contributed by atoms with Gasteiger partial charge in [-0.25, -0.2) is 9.59 Å². The van der Waals surface area contributed by atoms with Crippen molar-refractivity contribution in [2.24, 2.45) is 0 Å². The van der Waals surface area contributed by atoms with E-state index < -0.39 is 24.3 Å². The van der Waals surface area contributed by atoms with E-state index in [1.807, 2.05) is 24.3 Å². The number of aliphatic hydroxyl groups excluding tert-OH is 1. The highest BCUT2D eigenvalue weighted by atomic mass is 16.6. The van der Waals surface area contributed by atoms with Crippen LogP contribution >= 0.6 is 0 Å². The normalized spacial score (nSPS) is 12.2. The summed E-state index contributed by atoms with van der Waals surface area (Å²) in [4.78, 5) is 24.0. The van der Waals surface area contributed by atoms with E-state index in [2.05, 4.69) is 5.32 Å². The van der Waals surface area contributed by atoms with Crippen LogP contribution in [0.5, 0.6) is 11.5 Å². The van der Waals surface area contributed by atoms with Crippen molar-refractivity contribution in [3.05, 3.63) is 102 Å². The number of hydrogen-bond acceptors (Lipinski definition) is 7. The van der Waals surface area contributed by atoms with Gasteiger partial charge in [-0.2, -0.15) is 5.26 Å². The van der Waals surface area contributed by atoms with E-state index in [1.165, 1.54) is 6.08 Å². The molecule has 9 heteroatoms. The highest BCUT2D eigenvalue weighted by molar-refractivity contribution is 5.85. The average Bonchev–Trinajstić information content (AvgIpc) is 2.93. The number of carbonyl (C=O) groups excluding carboxylic acids is 1. The number of nitrogens with one attached hydrogen (secondary N) is 1. The Kier molecular flexibility index (Phi) is 10.7. The SMILES string of the molecule is N#Cc1ccc(NC(=O)O[C@@H](c2ccccc2OCCO)[C@H](CC/C=C/C(=O)O)Oc2ccccc2)cc1. The largest absolute Gasteiger partial charge is 0.491 e. The zero-order chi connectivity index (χ0) is 27.2. The number of nitriles is 1. The molecule has 0 aliphatic rings. The maximum absolute atomic E-state index is 13.0. The molecule has 0 aromatic heterocycles. The quantitative estimate of drug-likeness (QED) is 0.267. The Bertz CT molecular complexity index is 1250. The Balaban J connectivity index is 1.94. The molecular formula is C29H28N2O7. The lowest BCUT2D eigenvalue weighted by atomic mass is 9.99. The fourth-order valence-electron chi connectivity index (χ4n) is 3.62. The molecule has 0 unspecified atom stereocenters. The number of allylic oxidation sites excluding steroid dienone is 1. The summed E-state index contributed by atoms with van der Waals surface area (Å²) in [6.45, 7) is -0.171. The third-order valence-electron chi connectivity index (χ3n) is 5.32. The second kappa shape index (κ2) is 14.7. The van der Waals surface area contributed by atoms with Crippen molar-refractivity contribution in [3.63, 3.8) is 0 Å². The van der Waals surface area contributed by atoms with Crippen LogP contribution in [0, 0.1) is 11.3 Å². The fraction of sp³-hybridized carbons (Fsp3) is 0.207. The summed E-state index contributed by atoms with van der Waals surface area (Å²) in [7, 11) is 0. The number of ether oxygens (including phenoxy) is 3. The summed E-state index contributed by atoms with van der Waals surface area (Å²) in [5.74, 6) is -0.127. The standard InChI is InChI=1S/C29H28N2O7/c30-20-21-14-16-22(17-15-21)31-29(35)38-28(24-10-4-5-11-25(24)36-19-18-32)26(12-6-7-13-27(33)34)37-23-8-2-1-3-9-23/h1-5,7-11,13-17,26,28,32H,6,12,18-19H2,(H,31,35)(H,33,34)/b13-7+/t26-,28-/m0/s1. The minimum absolute atomic E-state index is 0.0345. The number of carboxylic acid groups (broad SMARTS) is 1. The van der Waals surface area contributed by atoms with E-state index in [9.17, 15) is 14.7 Å². The van der Waals surface area contributed by atoms with Crippen LogP contribution in [0.1, 0.15) is 30.1 Å². The molecule has 0 heterocycles. The predicted molar refractivity (Wildman–Crippen MR) is 140 cm³/mol. The van der Waals surface area contributed by atoms with Crippen LogP contribution in [-0.2, 0) is 9.53 Å². The number of rotatable bonds is 13. The van der Waals surface area contributed by atoms with E-state index in [0.29, 0.717) is 41.2 Å². The van der Waals surface area contributed by atoms with Gasteiger partial charge in [-0.15, -0.1) is 0 Å². The molecule has 0 radical (unpaired) electrons. The number of benzene rings is 3. The van der Waals surface area contributed by atoms with Crippen molar-refractivity contribution in [1.29, 1.82) is 5.26 Å². The molecule has 38 heavy (non-hydrogen) atoms. The number of amides is 1. The second-order valence-electron chi connectivity index (χ2n) is 8.04. The Morgan fingerprint density at radius 2 is 1.71 bits per heavy atom. The first-order valence-electron chi connectivity index (χ1n) is 11.9. The summed E-state index contributed by atoms with van der Waals surface area (Å²) in [5.41, 5.74) is 1.39. The minimum Gasteiger partial charge on any atom is -0.491 e. The lowest BCUT2D eigenvalue weighted by Gasteiger charge is -2.29. The molecule has 3 aromatic carbocycles. The fourth-order valence-corrected chi connectivity index (χ4v) is 3.62. The van der Waals surface area contributed by atoms with Crippen LogP contribution in [0.4, 0.5) is 10.5 Å². The average molecular weight is 517 g/mol. The first-order valence-corrected chi connectivity index (χ1v) is 11.9. The van der Waals surface area contributed by atoms with Crippen molar-refractivity contribution < 1.29 is 34.0 Å². The Labute approximate surface area is 220 Å². The molecule has 2 atom stereocenters. The second-order valence-corrected chi connectivity index (χ2v) is 8.04. The predicted octanol–water partition coefficient (Wildman–Crippen LogP) is 5.09. The zero-order valence-electron chi connectivity index (χ0n) is 20.5.